The van der Waals surface area contributed by atoms with Crippen LogP contribution in [-0.4, -0.2) is 40.0 Å². The van der Waals surface area contributed by atoms with Crippen LogP contribution in [0.15, 0.2) is 84.9 Å². The zero-order valence-corrected chi connectivity index (χ0v) is 25.9. The Kier molecular flexibility index (Phi) is 10.9. The molecule has 0 saturated heterocycles. The van der Waals surface area contributed by atoms with Gasteiger partial charge in [0.25, 0.3) is 0 Å². The molecule has 2 N–H and O–H groups in total. The van der Waals surface area contributed by atoms with Crippen LogP contribution < -0.4 is 10.6 Å². The number of carbonyl (C=O) groups is 3. The Labute approximate surface area is 250 Å². The van der Waals surface area contributed by atoms with Gasteiger partial charge in [0.05, 0.1) is 0 Å². The van der Waals surface area contributed by atoms with Crippen LogP contribution in [-0.2, 0) is 27.3 Å². The average molecular weight is 572 g/mol. The van der Waals surface area contributed by atoms with Crippen molar-refractivity contribution in [2.75, 3.05) is 0 Å². The van der Waals surface area contributed by atoms with Crippen molar-refractivity contribution in [1.82, 2.24) is 15.5 Å². The number of aryl methyl sites for hydroxylation is 1. The van der Waals surface area contributed by atoms with Crippen molar-refractivity contribution in [2.24, 2.45) is 0 Å². The van der Waals surface area contributed by atoms with E-state index >= 15 is 0 Å². The van der Waals surface area contributed by atoms with Gasteiger partial charge >= 0.3 is 6.09 Å². The Morgan fingerprint density at radius 1 is 0.833 bits per heavy atom. The van der Waals surface area contributed by atoms with Crippen LogP contribution in [0, 0.1) is 6.92 Å². The number of hydrogen-bond donors (Lipinski definition) is 2. The summed E-state index contributed by atoms with van der Waals surface area (Å²) in [5.41, 5.74) is 2.03. The van der Waals surface area contributed by atoms with Crippen molar-refractivity contribution in [3.8, 4) is 0 Å². The highest BCUT2D eigenvalue weighted by Crippen LogP contribution is 2.33. The highest BCUT2D eigenvalue weighted by Gasteiger charge is 2.43. The summed E-state index contributed by atoms with van der Waals surface area (Å²) < 4.78 is 5.54. The largest absolute Gasteiger partial charge is 0.444 e. The quantitative estimate of drug-likeness (QED) is 0.275. The van der Waals surface area contributed by atoms with Crippen LogP contribution in [0.1, 0.15) is 76.3 Å². The van der Waals surface area contributed by atoms with Crippen molar-refractivity contribution in [2.45, 2.75) is 91.1 Å². The number of alkyl carbamates (subject to hydrolysis) is 1. The van der Waals surface area contributed by atoms with Crippen LogP contribution >= 0.6 is 0 Å². The first kappa shape index (κ1) is 32.4. The molecule has 0 bridgehead atoms. The second-order valence-corrected chi connectivity index (χ2v) is 12.3. The summed E-state index contributed by atoms with van der Waals surface area (Å²) in [6.45, 7) is 13.5. The van der Waals surface area contributed by atoms with Gasteiger partial charge in [-0.15, -0.1) is 0 Å². The molecule has 7 heteroatoms. The first-order valence-corrected chi connectivity index (χ1v) is 14.6. The molecule has 0 saturated carbocycles. The van der Waals surface area contributed by atoms with Gasteiger partial charge in [0, 0.05) is 18.5 Å². The van der Waals surface area contributed by atoms with Crippen molar-refractivity contribution >= 4 is 17.9 Å². The number of ether oxygens (including phenoxy) is 1. The molecule has 2 unspecified atom stereocenters. The molecule has 42 heavy (non-hydrogen) atoms. The van der Waals surface area contributed by atoms with E-state index in [0.717, 1.165) is 16.7 Å². The third-order valence-electron chi connectivity index (χ3n) is 7.20. The van der Waals surface area contributed by atoms with Crippen molar-refractivity contribution in [1.29, 1.82) is 0 Å². The summed E-state index contributed by atoms with van der Waals surface area (Å²) >= 11 is 0. The molecule has 224 valence electrons. The number of nitrogens with one attached hydrogen (secondary N) is 2. The lowest BCUT2D eigenvalue weighted by Crippen LogP contribution is -2.59. The highest BCUT2D eigenvalue weighted by molar-refractivity contribution is 5.93. The lowest BCUT2D eigenvalue weighted by molar-refractivity contribution is -0.149. The normalized spacial score (nSPS) is 13.0. The molecule has 0 aliphatic heterocycles. The van der Waals surface area contributed by atoms with Gasteiger partial charge in [-0.2, -0.15) is 0 Å². The maximum absolute atomic E-state index is 14.7. The molecular formula is C35H45N3O4. The van der Waals surface area contributed by atoms with E-state index in [1.54, 1.807) is 25.7 Å². The third kappa shape index (κ3) is 9.20. The first-order valence-electron chi connectivity index (χ1n) is 14.6. The number of nitrogens with zero attached hydrogens (tertiary/aromatic N) is 1. The van der Waals surface area contributed by atoms with E-state index in [2.05, 4.69) is 10.6 Å². The van der Waals surface area contributed by atoms with Crippen LogP contribution in [0.25, 0.3) is 0 Å². The van der Waals surface area contributed by atoms with Crippen molar-refractivity contribution in [3.63, 3.8) is 0 Å². The number of benzene rings is 3. The SMILES string of the molecule is CCC(C)(C)N(C(=O)C(Cc1ccccc1)NC(=O)OC(C)(C)C)C(C(=O)NCc1ccccc1)c1cccc(C)c1. The van der Waals surface area contributed by atoms with Gasteiger partial charge < -0.3 is 20.3 Å². The summed E-state index contributed by atoms with van der Waals surface area (Å²) in [7, 11) is 0. The molecule has 3 aromatic carbocycles. The zero-order valence-electron chi connectivity index (χ0n) is 25.9. The van der Waals surface area contributed by atoms with E-state index < -0.39 is 29.3 Å². The molecule has 0 fully saturated rings. The lowest BCUT2D eigenvalue weighted by Gasteiger charge is -2.44. The van der Waals surface area contributed by atoms with E-state index in [-0.39, 0.29) is 18.2 Å². The molecule has 3 rings (SSSR count). The van der Waals surface area contributed by atoms with Crippen LogP contribution in [0.2, 0.25) is 0 Å². The van der Waals surface area contributed by atoms with Crippen LogP contribution in [0.3, 0.4) is 0 Å². The Bertz CT molecular complexity index is 1330. The molecule has 0 heterocycles. The zero-order chi connectivity index (χ0) is 30.9. The smallest absolute Gasteiger partial charge is 0.408 e. The molecular weight excluding hydrogens is 526 g/mol. The molecule has 0 aliphatic carbocycles. The molecule has 2 atom stereocenters. The van der Waals surface area contributed by atoms with Crippen LogP contribution in [0.5, 0.6) is 0 Å². The second-order valence-electron chi connectivity index (χ2n) is 12.3. The fourth-order valence-electron chi connectivity index (χ4n) is 4.75. The molecule has 0 radical (unpaired) electrons. The summed E-state index contributed by atoms with van der Waals surface area (Å²) in [5, 5.41) is 5.89. The second kappa shape index (κ2) is 14.2. The van der Waals surface area contributed by atoms with Gasteiger partial charge in [0.2, 0.25) is 11.8 Å². The minimum absolute atomic E-state index is 0.237. The molecule has 3 aromatic rings. The Morgan fingerprint density at radius 2 is 1.43 bits per heavy atom. The number of amides is 3. The van der Waals surface area contributed by atoms with Gasteiger partial charge in [-0.3, -0.25) is 9.59 Å². The summed E-state index contributed by atoms with van der Waals surface area (Å²) in [5.74, 6) is -0.659. The standard InChI is InChI=1S/C35H45N3O4/c1-8-35(6,7)38(32(40)29(23-26-17-11-9-12-18-26)37-33(41)42-34(3,4)5)30(28-21-15-16-25(2)22-28)31(39)36-24-27-19-13-10-14-20-27/h9-22,29-30H,8,23-24H2,1-7H3,(H,36,39)(H,37,41). The van der Waals surface area contributed by atoms with E-state index in [9.17, 15) is 14.4 Å². The maximum Gasteiger partial charge on any atom is 0.408 e. The fourth-order valence-corrected chi connectivity index (χ4v) is 4.75. The lowest BCUT2D eigenvalue weighted by atomic mass is 9.90. The van der Waals surface area contributed by atoms with E-state index in [1.165, 1.54) is 0 Å². The highest BCUT2D eigenvalue weighted by atomic mass is 16.6. The number of rotatable bonds is 11. The van der Waals surface area contributed by atoms with Gasteiger partial charge in [0.1, 0.15) is 17.7 Å². The first-order chi connectivity index (χ1) is 19.8. The van der Waals surface area contributed by atoms with Crippen molar-refractivity contribution in [3.05, 3.63) is 107 Å². The predicted molar refractivity (Wildman–Crippen MR) is 167 cm³/mol. The fraction of sp³-hybridized carbons (Fsp3) is 0.400. The predicted octanol–water partition coefficient (Wildman–Crippen LogP) is 6.51. The molecule has 3 amide bonds. The third-order valence-corrected chi connectivity index (χ3v) is 7.20. The number of hydrogen-bond acceptors (Lipinski definition) is 4. The molecule has 0 aromatic heterocycles. The summed E-state index contributed by atoms with van der Waals surface area (Å²) in [6, 6.07) is 24.9. The monoisotopic (exact) mass is 571 g/mol. The average Bonchev–Trinajstić information content (AvgIpc) is 2.94. The summed E-state index contributed by atoms with van der Waals surface area (Å²) in [6.07, 6.45) is 0.130. The van der Waals surface area contributed by atoms with Crippen LogP contribution in [0.4, 0.5) is 4.79 Å². The maximum atomic E-state index is 14.7. The Hall–Kier alpha value is -4.13. The van der Waals surface area contributed by atoms with E-state index in [0.29, 0.717) is 18.5 Å². The Morgan fingerprint density at radius 3 is 1.98 bits per heavy atom. The molecule has 0 spiro atoms. The van der Waals surface area contributed by atoms with Gasteiger partial charge in [-0.05, 0) is 64.7 Å². The minimum atomic E-state index is -0.970. The van der Waals surface area contributed by atoms with Gasteiger partial charge in [-0.1, -0.05) is 97.4 Å². The molecule has 7 nitrogen and oxygen atoms in total. The molecule has 0 aliphatic rings. The van der Waals surface area contributed by atoms with Gasteiger partial charge in [-0.25, -0.2) is 4.79 Å². The Balaban J connectivity index is 2.08. The number of carbonyl (C=O) groups excluding carboxylic acids is 3. The van der Waals surface area contributed by atoms with E-state index in [4.69, 9.17) is 4.74 Å². The summed E-state index contributed by atoms with van der Waals surface area (Å²) in [4.78, 5) is 43.5. The van der Waals surface area contributed by atoms with Crippen molar-refractivity contribution < 1.29 is 19.1 Å². The van der Waals surface area contributed by atoms with Gasteiger partial charge in [0.15, 0.2) is 0 Å². The topological polar surface area (TPSA) is 87.7 Å². The van der Waals surface area contributed by atoms with E-state index in [1.807, 2.05) is 113 Å². The minimum Gasteiger partial charge on any atom is -0.444 e.